The van der Waals surface area contributed by atoms with Crippen LogP contribution in [0.3, 0.4) is 0 Å². The van der Waals surface area contributed by atoms with Crippen LogP contribution in [0.2, 0.25) is 0 Å². The predicted octanol–water partition coefficient (Wildman–Crippen LogP) is 11.3. The molecule has 0 aliphatic carbocycles. The van der Waals surface area contributed by atoms with E-state index < -0.39 is 0 Å². The van der Waals surface area contributed by atoms with Gasteiger partial charge in [-0.15, -0.1) is 0 Å². The Bertz CT molecular complexity index is 2540. The first kappa shape index (κ1) is 27.5. The molecule has 0 amide bonds. The number of aromatic nitrogens is 1. The minimum atomic E-state index is -0.211. The van der Waals surface area contributed by atoms with E-state index in [0.29, 0.717) is 12.5 Å². The Hall–Kier alpha value is -5.80. The maximum atomic E-state index is 5.89. The fraction of sp³-hybridized carbons (Fsp3) is 0.0909. The summed E-state index contributed by atoms with van der Waals surface area (Å²) in [6.07, 6.45) is 1.88. The molecule has 224 valence electrons. The maximum absolute atomic E-state index is 5.89. The van der Waals surface area contributed by atoms with Crippen LogP contribution < -0.4 is 0 Å². The van der Waals surface area contributed by atoms with Gasteiger partial charge in [0.05, 0.1) is 16.8 Å². The molecule has 3 heteroatoms. The summed E-state index contributed by atoms with van der Waals surface area (Å²) < 4.78 is 5.89. The molecule has 0 saturated carbocycles. The van der Waals surface area contributed by atoms with Gasteiger partial charge in [0.15, 0.2) is 0 Å². The monoisotopic (exact) mass is 604 g/mol. The second-order valence-corrected chi connectivity index (χ2v) is 13.1. The Morgan fingerprint density at radius 3 is 1.60 bits per heavy atom. The van der Waals surface area contributed by atoms with Gasteiger partial charge in [0, 0.05) is 11.8 Å². The molecule has 0 N–H and O–H groups in total. The number of benzene rings is 7. The number of rotatable bonds is 4. The van der Waals surface area contributed by atoms with Crippen LogP contribution in [0.1, 0.15) is 19.4 Å². The number of hydrogen-bond donors (Lipinski definition) is 0. The number of aliphatic imine (C=N–C) groups is 1. The minimum absolute atomic E-state index is 0.211. The van der Waals surface area contributed by atoms with E-state index in [0.717, 1.165) is 16.8 Å². The van der Waals surface area contributed by atoms with E-state index in [4.69, 9.17) is 14.7 Å². The van der Waals surface area contributed by atoms with Crippen LogP contribution in [0.25, 0.3) is 76.6 Å². The van der Waals surface area contributed by atoms with Crippen LogP contribution in [0.15, 0.2) is 151 Å². The summed E-state index contributed by atoms with van der Waals surface area (Å²) in [6, 6.07) is 50.7. The zero-order chi connectivity index (χ0) is 31.5. The van der Waals surface area contributed by atoms with E-state index in [1.54, 1.807) is 0 Å². The van der Waals surface area contributed by atoms with Gasteiger partial charge in [0.2, 0.25) is 5.90 Å². The number of hydrogen-bond acceptors (Lipinski definition) is 3. The summed E-state index contributed by atoms with van der Waals surface area (Å²) in [4.78, 5) is 9.65. The fourth-order valence-corrected chi connectivity index (χ4v) is 7.07. The molecule has 0 bridgehead atoms. The van der Waals surface area contributed by atoms with Crippen molar-refractivity contribution in [3.8, 4) is 33.5 Å². The Morgan fingerprint density at radius 2 is 1.02 bits per heavy atom. The first-order valence-corrected chi connectivity index (χ1v) is 16.2. The van der Waals surface area contributed by atoms with Crippen molar-refractivity contribution >= 4 is 49.0 Å². The van der Waals surface area contributed by atoms with Crippen LogP contribution in [0.4, 0.5) is 0 Å². The van der Waals surface area contributed by atoms with Crippen molar-refractivity contribution < 1.29 is 4.74 Å². The largest absolute Gasteiger partial charge is 0.475 e. The van der Waals surface area contributed by atoms with Crippen LogP contribution in [0.5, 0.6) is 0 Å². The summed E-state index contributed by atoms with van der Waals surface area (Å²) >= 11 is 0. The third kappa shape index (κ3) is 4.74. The van der Waals surface area contributed by atoms with Gasteiger partial charge < -0.3 is 4.74 Å². The summed E-state index contributed by atoms with van der Waals surface area (Å²) in [5, 5.41) is 9.85. The molecule has 0 radical (unpaired) electrons. The third-order valence-corrected chi connectivity index (χ3v) is 9.37. The quantitative estimate of drug-likeness (QED) is 0.187. The van der Waals surface area contributed by atoms with Gasteiger partial charge in [0.25, 0.3) is 0 Å². The molecule has 7 aromatic carbocycles. The van der Waals surface area contributed by atoms with Crippen molar-refractivity contribution in [2.75, 3.05) is 6.61 Å². The van der Waals surface area contributed by atoms with Crippen LogP contribution in [-0.4, -0.2) is 23.0 Å². The van der Waals surface area contributed by atoms with E-state index >= 15 is 0 Å². The molecule has 0 saturated heterocycles. The van der Waals surface area contributed by atoms with Crippen LogP contribution >= 0.6 is 0 Å². The average molecular weight is 605 g/mol. The zero-order valence-corrected chi connectivity index (χ0v) is 26.4. The van der Waals surface area contributed by atoms with E-state index in [-0.39, 0.29) is 5.54 Å². The number of pyridine rings is 1. The Balaban J connectivity index is 1.30. The van der Waals surface area contributed by atoms with Gasteiger partial charge in [-0.3, -0.25) is 4.98 Å². The van der Waals surface area contributed by atoms with E-state index in [9.17, 15) is 0 Å². The molecule has 0 atom stereocenters. The second kappa shape index (κ2) is 10.6. The van der Waals surface area contributed by atoms with Crippen molar-refractivity contribution in [3.05, 3.63) is 151 Å². The zero-order valence-electron chi connectivity index (χ0n) is 26.4. The van der Waals surface area contributed by atoms with Gasteiger partial charge in [-0.1, -0.05) is 109 Å². The molecular weight excluding hydrogens is 572 g/mol. The molecule has 1 aromatic heterocycles. The van der Waals surface area contributed by atoms with Gasteiger partial charge in [0.1, 0.15) is 6.61 Å². The topological polar surface area (TPSA) is 34.5 Å². The molecule has 1 aliphatic rings. The van der Waals surface area contributed by atoms with E-state index in [1.807, 2.05) is 6.20 Å². The smallest absolute Gasteiger partial charge is 0.218 e. The molecular formula is C44H32N2O. The Labute approximate surface area is 273 Å². The highest BCUT2D eigenvalue weighted by atomic mass is 16.5. The second-order valence-electron chi connectivity index (χ2n) is 13.1. The van der Waals surface area contributed by atoms with Crippen LogP contribution in [-0.2, 0) is 4.74 Å². The van der Waals surface area contributed by atoms with Crippen molar-refractivity contribution in [2.24, 2.45) is 4.99 Å². The molecule has 8 aromatic rings. The highest BCUT2D eigenvalue weighted by Crippen LogP contribution is 2.45. The van der Waals surface area contributed by atoms with Crippen molar-refractivity contribution in [1.29, 1.82) is 0 Å². The molecule has 9 rings (SSSR count). The van der Waals surface area contributed by atoms with E-state index in [2.05, 4.69) is 153 Å². The molecule has 0 spiro atoms. The minimum Gasteiger partial charge on any atom is -0.475 e. The lowest BCUT2D eigenvalue weighted by molar-refractivity contribution is 0.279. The first-order valence-electron chi connectivity index (χ1n) is 16.2. The van der Waals surface area contributed by atoms with Crippen LogP contribution in [0, 0.1) is 0 Å². The normalized spacial score (nSPS) is 14.1. The summed E-state index contributed by atoms with van der Waals surface area (Å²) in [5.74, 6) is 0.664. The lowest BCUT2D eigenvalue weighted by Crippen LogP contribution is -2.17. The van der Waals surface area contributed by atoms with Gasteiger partial charge >= 0.3 is 0 Å². The van der Waals surface area contributed by atoms with Crippen molar-refractivity contribution in [2.45, 2.75) is 19.4 Å². The molecule has 3 nitrogen and oxygen atoms in total. The highest BCUT2D eigenvalue weighted by molar-refractivity contribution is 6.22. The maximum Gasteiger partial charge on any atom is 0.218 e. The van der Waals surface area contributed by atoms with Gasteiger partial charge in [-0.05, 0) is 110 Å². The third-order valence-electron chi connectivity index (χ3n) is 9.37. The summed E-state index contributed by atoms with van der Waals surface area (Å²) in [5.41, 5.74) is 7.58. The number of nitrogens with zero attached hydrogens (tertiary/aromatic N) is 2. The number of fused-ring (bicyclic) bond motifs is 4. The summed E-state index contributed by atoms with van der Waals surface area (Å²) in [7, 11) is 0. The first-order chi connectivity index (χ1) is 23.0. The predicted molar refractivity (Wildman–Crippen MR) is 197 cm³/mol. The van der Waals surface area contributed by atoms with Crippen molar-refractivity contribution in [1.82, 2.24) is 4.98 Å². The van der Waals surface area contributed by atoms with Crippen molar-refractivity contribution in [3.63, 3.8) is 0 Å². The lowest BCUT2D eigenvalue weighted by Gasteiger charge is -2.19. The average Bonchev–Trinajstić information content (AvgIpc) is 3.49. The molecule has 2 heterocycles. The Kier molecular flexibility index (Phi) is 6.23. The fourth-order valence-electron chi connectivity index (χ4n) is 7.07. The lowest BCUT2D eigenvalue weighted by atomic mass is 9.84. The SMILES string of the molecule is CC1(C)COC(c2ccc(-c3ccc4c(-c5ccc6ccccc6c5)c5ccccc5c(-c5ccc6ccccc6c5)c4c3)nc2)=N1. The highest BCUT2D eigenvalue weighted by Gasteiger charge is 2.27. The standard InChI is InChI=1S/C44H32N2O/c1-44(2)27-47-43(46-44)35-20-22-40(45-26-35)32-19-21-38-39(25-32)42(34-18-16-29-10-4-6-12-31(29)24-34)37-14-8-7-13-36(37)41(38)33-17-15-28-9-3-5-11-30(28)23-33/h3-26H,27H2,1-2H3. The van der Waals surface area contributed by atoms with Gasteiger partial charge in [-0.2, -0.15) is 0 Å². The van der Waals surface area contributed by atoms with Gasteiger partial charge in [-0.25, -0.2) is 4.99 Å². The molecule has 0 fully saturated rings. The molecule has 0 unspecified atom stereocenters. The Morgan fingerprint density at radius 1 is 0.489 bits per heavy atom. The number of ether oxygens (including phenoxy) is 1. The molecule has 1 aliphatic heterocycles. The summed E-state index contributed by atoms with van der Waals surface area (Å²) in [6.45, 7) is 4.75. The molecule has 47 heavy (non-hydrogen) atoms. The van der Waals surface area contributed by atoms with E-state index in [1.165, 1.54) is 65.3 Å².